The lowest BCUT2D eigenvalue weighted by atomic mass is 10.2. The van der Waals surface area contributed by atoms with E-state index in [1.54, 1.807) is 18.3 Å². The van der Waals surface area contributed by atoms with Crippen LogP contribution in [0.4, 0.5) is 5.82 Å². The van der Waals surface area contributed by atoms with Crippen LogP contribution < -0.4 is 11.1 Å². The van der Waals surface area contributed by atoms with E-state index in [4.69, 9.17) is 5.73 Å². The van der Waals surface area contributed by atoms with Crippen LogP contribution in [0.5, 0.6) is 0 Å². The van der Waals surface area contributed by atoms with Gasteiger partial charge >= 0.3 is 0 Å². The Bertz CT molecular complexity index is 460. The molecule has 0 fully saturated rings. The summed E-state index contributed by atoms with van der Waals surface area (Å²) < 4.78 is 23.0. The number of aromatic nitrogens is 1. The highest BCUT2D eigenvalue weighted by Crippen LogP contribution is 2.17. The van der Waals surface area contributed by atoms with Gasteiger partial charge in [0.15, 0.2) is 9.84 Å². The van der Waals surface area contributed by atoms with Crippen molar-refractivity contribution >= 4 is 15.7 Å². The Labute approximate surface area is 102 Å². The number of nitrogens with one attached hydrogen (secondary N) is 1. The zero-order valence-corrected chi connectivity index (χ0v) is 11.0. The van der Waals surface area contributed by atoms with Crippen molar-refractivity contribution in [3.05, 3.63) is 18.3 Å². The Morgan fingerprint density at radius 2 is 2.24 bits per heavy atom. The average molecular weight is 257 g/mol. The molecule has 1 heterocycles. The average Bonchev–Trinajstić information content (AvgIpc) is 2.28. The lowest BCUT2D eigenvalue weighted by molar-refractivity contribution is 0.600. The molecule has 0 bridgehead atoms. The molecular weight excluding hydrogens is 238 g/mol. The van der Waals surface area contributed by atoms with Gasteiger partial charge in [0.2, 0.25) is 0 Å². The van der Waals surface area contributed by atoms with Crippen LogP contribution in [-0.2, 0) is 9.84 Å². The molecule has 96 valence electrons. The molecule has 1 rings (SSSR count). The van der Waals surface area contributed by atoms with Crippen molar-refractivity contribution in [1.29, 1.82) is 0 Å². The molecule has 0 aromatic carbocycles. The van der Waals surface area contributed by atoms with Gasteiger partial charge in [-0.15, -0.1) is 0 Å². The summed E-state index contributed by atoms with van der Waals surface area (Å²) >= 11 is 0. The van der Waals surface area contributed by atoms with Crippen LogP contribution in [0.3, 0.4) is 0 Å². The van der Waals surface area contributed by atoms with Crippen LogP contribution >= 0.6 is 0 Å². The number of pyridine rings is 1. The topological polar surface area (TPSA) is 85.1 Å². The highest BCUT2D eigenvalue weighted by atomic mass is 32.2. The third kappa shape index (κ3) is 4.32. The minimum Gasteiger partial charge on any atom is -0.369 e. The first-order valence-corrected chi connectivity index (χ1v) is 7.48. The van der Waals surface area contributed by atoms with Crippen LogP contribution in [0.25, 0.3) is 0 Å². The van der Waals surface area contributed by atoms with E-state index in [1.165, 1.54) is 6.26 Å². The molecule has 5 nitrogen and oxygen atoms in total. The van der Waals surface area contributed by atoms with E-state index >= 15 is 0 Å². The van der Waals surface area contributed by atoms with Gasteiger partial charge in [0, 0.05) is 25.0 Å². The molecule has 1 atom stereocenters. The highest BCUT2D eigenvalue weighted by molar-refractivity contribution is 7.90. The highest BCUT2D eigenvalue weighted by Gasteiger charge is 2.13. The van der Waals surface area contributed by atoms with Gasteiger partial charge in [0.05, 0.1) is 0 Å². The summed E-state index contributed by atoms with van der Waals surface area (Å²) in [4.78, 5) is 4.26. The fourth-order valence-corrected chi connectivity index (χ4v) is 2.20. The van der Waals surface area contributed by atoms with E-state index in [2.05, 4.69) is 10.3 Å². The van der Waals surface area contributed by atoms with E-state index in [0.717, 1.165) is 12.8 Å². The summed E-state index contributed by atoms with van der Waals surface area (Å²) in [6, 6.07) is 3.29. The number of sulfone groups is 1. The van der Waals surface area contributed by atoms with Crippen LogP contribution in [0.2, 0.25) is 0 Å². The third-order valence-electron chi connectivity index (χ3n) is 2.50. The molecule has 3 N–H and O–H groups in total. The standard InChI is InChI=1S/C11H19N3O2S/c1-3-9(12)6-8-14-11-10(17(2,15)16)5-4-7-13-11/h4-5,7,9H,3,6,8,12H2,1-2H3,(H,13,14). The number of hydrogen-bond donors (Lipinski definition) is 2. The molecule has 0 saturated carbocycles. The Morgan fingerprint density at radius 3 is 2.82 bits per heavy atom. The Morgan fingerprint density at radius 1 is 1.53 bits per heavy atom. The molecule has 0 radical (unpaired) electrons. The van der Waals surface area contributed by atoms with E-state index in [9.17, 15) is 8.42 Å². The molecule has 0 aliphatic rings. The molecular formula is C11H19N3O2S. The van der Waals surface area contributed by atoms with Crippen LogP contribution in [0.1, 0.15) is 19.8 Å². The zero-order chi connectivity index (χ0) is 12.9. The van der Waals surface area contributed by atoms with Crippen molar-refractivity contribution in [2.75, 3.05) is 18.1 Å². The summed E-state index contributed by atoms with van der Waals surface area (Å²) in [5.74, 6) is 0.401. The minimum absolute atomic E-state index is 0.132. The molecule has 0 saturated heterocycles. The molecule has 0 spiro atoms. The number of rotatable bonds is 6. The van der Waals surface area contributed by atoms with Crippen LogP contribution in [-0.4, -0.2) is 32.2 Å². The lowest BCUT2D eigenvalue weighted by Gasteiger charge is -2.12. The second-order valence-electron chi connectivity index (χ2n) is 4.01. The van der Waals surface area contributed by atoms with Gasteiger partial charge in [-0.25, -0.2) is 13.4 Å². The summed E-state index contributed by atoms with van der Waals surface area (Å²) in [5.41, 5.74) is 5.78. The molecule has 17 heavy (non-hydrogen) atoms. The van der Waals surface area contributed by atoms with E-state index in [-0.39, 0.29) is 10.9 Å². The second-order valence-corrected chi connectivity index (χ2v) is 5.99. The first-order chi connectivity index (χ1) is 7.95. The maximum absolute atomic E-state index is 11.5. The van der Waals surface area contributed by atoms with Gasteiger partial charge in [-0.05, 0) is 25.0 Å². The minimum atomic E-state index is -3.25. The smallest absolute Gasteiger partial charge is 0.179 e. The van der Waals surface area contributed by atoms with Gasteiger partial charge in [-0.1, -0.05) is 6.92 Å². The van der Waals surface area contributed by atoms with Crippen molar-refractivity contribution in [2.24, 2.45) is 5.73 Å². The first kappa shape index (κ1) is 13.9. The van der Waals surface area contributed by atoms with E-state index in [0.29, 0.717) is 12.4 Å². The number of nitrogens with two attached hydrogens (primary N) is 1. The summed E-state index contributed by atoms with van der Waals surface area (Å²) in [6.45, 7) is 2.64. The SMILES string of the molecule is CCC(N)CCNc1ncccc1S(C)(=O)=O. The Kier molecular flexibility index (Phi) is 4.89. The molecule has 1 aromatic rings. The van der Waals surface area contributed by atoms with Gasteiger partial charge in [-0.2, -0.15) is 0 Å². The zero-order valence-electron chi connectivity index (χ0n) is 10.2. The van der Waals surface area contributed by atoms with Crippen LogP contribution in [0.15, 0.2) is 23.2 Å². The van der Waals surface area contributed by atoms with E-state index in [1.807, 2.05) is 6.92 Å². The maximum atomic E-state index is 11.5. The largest absolute Gasteiger partial charge is 0.369 e. The molecule has 1 aromatic heterocycles. The van der Waals surface area contributed by atoms with E-state index < -0.39 is 9.84 Å². The number of anilines is 1. The van der Waals surface area contributed by atoms with Crippen LogP contribution in [0, 0.1) is 0 Å². The lowest BCUT2D eigenvalue weighted by Crippen LogP contribution is -2.22. The van der Waals surface area contributed by atoms with Crippen molar-refractivity contribution in [1.82, 2.24) is 4.98 Å². The molecule has 1 unspecified atom stereocenters. The van der Waals surface area contributed by atoms with Crippen molar-refractivity contribution in [3.8, 4) is 0 Å². The predicted octanol–water partition coefficient (Wildman–Crippen LogP) is 1.02. The molecule has 0 aliphatic carbocycles. The summed E-state index contributed by atoms with van der Waals surface area (Å²) in [6.07, 6.45) is 4.43. The molecule has 6 heteroatoms. The predicted molar refractivity (Wildman–Crippen MR) is 68.7 cm³/mol. The molecule has 0 amide bonds. The van der Waals surface area contributed by atoms with Crippen molar-refractivity contribution in [3.63, 3.8) is 0 Å². The fraction of sp³-hybridized carbons (Fsp3) is 0.545. The van der Waals surface area contributed by atoms with Gasteiger partial charge in [0.1, 0.15) is 10.7 Å². The first-order valence-electron chi connectivity index (χ1n) is 5.59. The van der Waals surface area contributed by atoms with Gasteiger partial charge in [-0.3, -0.25) is 0 Å². The van der Waals surface area contributed by atoms with Gasteiger partial charge in [0.25, 0.3) is 0 Å². The third-order valence-corrected chi connectivity index (χ3v) is 3.63. The number of nitrogens with zero attached hydrogens (tertiary/aromatic N) is 1. The summed E-state index contributed by atoms with van der Waals surface area (Å²) in [7, 11) is -3.25. The Balaban J connectivity index is 2.72. The van der Waals surface area contributed by atoms with Gasteiger partial charge < -0.3 is 11.1 Å². The van der Waals surface area contributed by atoms with Crippen molar-refractivity contribution < 1.29 is 8.42 Å². The second kappa shape index (κ2) is 5.97. The normalized spacial score (nSPS) is 13.4. The quantitative estimate of drug-likeness (QED) is 0.795. The number of hydrogen-bond acceptors (Lipinski definition) is 5. The monoisotopic (exact) mass is 257 g/mol. The Hall–Kier alpha value is -1.14. The summed E-state index contributed by atoms with van der Waals surface area (Å²) in [5, 5.41) is 3.01. The maximum Gasteiger partial charge on any atom is 0.179 e. The van der Waals surface area contributed by atoms with Crippen molar-refractivity contribution in [2.45, 2.75) is 30.7 Å². The molecule has 0 aliphatic heterocycles. The fourth-order valence-electron chi connectivity index (χ4n) is 1.40.